The number of nitrogens with one attached hydrogen (secondary N) is 2. The maximum absolute atomic E-state index is 11.8. The lowest BCUT2D eigenvalue weighted by Gasteiger charge is -2.10. The van der Waals surface area contributed by atoms with Gasteiger partial charge in [0.15, 0.2) is 0 Å². The van der Waals surface area contributed by atoms with Crippen molar-refractivity contribution in [1.29, 1.82) is 0 Å². The molecule has 0 aliphatic heterocycles. The van der Waals surface area contributed by atoms with E-state index in [-0.39, 0.29) is 12.5 Å². The number of amides is 1. The fourth-order valence-electron chi connectivity index (χ4n) is 2.15. The Balaban J connectivity index is 1.70. The van der Waals surface area contributed by atoms with Crippen molar-refractivity contribution < 1.29 is 9.53 Å². The van der Waals surface area contributed by atoms with Crippen LogP contribution in [0.1, 0.15) is 11.1 Å². The van der Waals surface area contributed by atoms with Gasteiger partial charge in [0.1, 0.15) is 5.75 Å². The maximum Gasteiger partial charge on any atom is 0.239 e. The molecular weight excluding hydrogens is 276 g/mol. The van der Waals surface area contributed by atoms with E-state index in [2.05, 4.69) is 10.6 Å². The van der Waals surface area contributed by atoms with Gasteiger partial charge in [-0.25, -0.2) is 0 Å². The van der Waals surface area contributed by atoms with Crippen molar-refractivity contribution in [3.8, 4) is 5.75 Å². The number of hydrogen-bond acceptors (Lipinski definition) is 3. The second-order valence-corrected chi connectivity index (χ2v) is 5.12. The Labute approximate surface area is 131 Å². The molecule has 1 amide bonds. The van der Waals surface area contributed by atoms with Crippen molar-refractivity contribution in [2.75, 3.05) is 25.5 Å². The Kier molecular flexibility index (Phi) is 5.83. The molecule has 2 N–H and O–H groups in total. The third-order valence-electron chi connectivity index (χ3n) is 3.48. The van der Waals surface area contributed by atoms with Gasteiger partial charge < -0.3 is 15.4 Å². The number of aryl methyl sites for hydroxylation is 1. The van der Waals surface area contributed by atoms with E-state index in [1.54, 1.807) is 7.11 Å². The molecule has 0 radical (unpaired) electrons. The summed E-state index contributed by atoms with van der Waals surface area (Å²) >= 11 is 0. The number of ether oxygens (including phenoxy) is 1. The highest BCUT2D eigenvalue weighted by atomic mass is 16.5. The Morgan fingerprint density at radius 1 is 1.09 bits per heavy atom. The van der Waals surface area contributed by atoms with E-state index in [0.717, 1.165) is 23.4 Å². The first kappa shape index (κ1) is 15.9. The molecule has 0 heterocycles. The van der Waals surface area contributed by atoms with E-state index >= 15 is 0 Å². The van der Waals surface area contributed by atoms with Crippen LogP contribution in [-0.2, 0) is 11.2 Å². The molecule has 0 aromatic heterocycles. The molecule has 2 aromatic rings. The van der Waals surface area contributed by atoms with E-state index in [9.17, 15) is 4.79 Å². The molecule has 0 spiro atoms. The van der Waals surface area contributed by atoms with Crippen molar-refractivity contribution in [3.05, 3.63) is 59.7 Å². The molecule has 0 atom stereocenters. The van der Waals surface area contributed by atoms with Crippen molar-refractivity contribution in [2.24, 2.45) is 0 Å². The number of rotatable bonds is 7. The minimum absolute atomic E-state index is 0.00300. The fourth-order valence-corrected chi connectivity index (χ4v) is 2.15. The molecule has 2 rings (SSSR count). The van der Waals surface area contributed by atoms with Gasteiger partial charge in [-0.3, -0.25) is 4.79 Å². The minimum Gasteiger partial charge on any atom is -0.497 e. The molecule has 0 fully saturated rings. The second-order valence-electron chi connectivity index (χ2n) is 5.12. The Morgan fingerprint density at radius 2 is 1.82 bits per heavy atom. The van der Waals surface area contributed by atoms with Gasteiger partial charge >= 0.3 is 0 Å². The van der Waals surface area contributed by atoms with E-state index in [1.807, 2.05) is 55.5 Å². The molecule has 0 aliphatic carbocycles. The van der Waals surface area contributed by atoms with Gasteiger partial charge in [-0.2, -0.15) is 0 Å². The third kappa shape index (κ3) is 4.81. The monoisotopic (exact) mass is 298 g/mol. The lowest BCUT2D eigenvalue weighted by atomic mass is 10.1. The van der Waals surface area contributed by atoms with Crippen LogP contribution in [0.2, 0.25) is 0 Å². The molecule has 4 heteroatoms. The van der Waals surface area contributed by atoms with Crippen LogP contribution < -0.4 is 15.4 Å². The molecule has 22 heavy (non-hydrogen) atoms. The van der Waals surface area contributed by atoms with Crippen LogP contribution in [-0.4, -0.2) is 26.1 Å². The Bertz CT molecular complexity index is 609. The predicted molar refractivity (Wildman–Crippen MR) is 89.4 cm³/mol. The number of hydrogen-bond donors (Lipinski definition) is 2. The van der Waals surface area contributed by atoms with Crippen molar-refractivity contribution >= 4 is 11.6 Å². The number of anilines is 1. The lowest BCUT2D eigenvalue weighted by Crippen LogP contribution is -2.31. The van der Waals surface area contributed by atoms with Gasteiger partial charge in [-0.05, 0) is 42.7 Å². The summed E-state index contributed by atoms with van der Waals surface area (Å²) < 4.78 is 5.12. The Hall–Kier alpha value is -2.49. The second kappa shape index (κ2) is 8.08. The first-order valence-electron chi connectivity index (χ1n) is 7.38. The minimum atomic E-state index is -0.00300. The highest BCUT2D eigenvalue weighted by Crippen LogP contribution is 2.12. The van der Waals surface area contributed by atoms with Gasteiger partial charge in [0.25, 0.3) is 0 Å². The van der Waals surface area contributed by atoms with Crippen LogP contribution in [0.5, 0.6) is 5.75 Å². The van der Waals surface area contributed by atoms with Crippen LogP contribution in [0.4, 0.5) is 5.69 Å². The van der Waals surface area contributed by atoms with Gasteiger partial charge in [0.2, 0.25) is 5.91 Å². The average Bonchev–Trinajstić information content (AvgIpc) is 2.55. The van der Waals surface area contributed by atoms with E-state index < -0.39 is 0 Å². The smallest absolute Gasteiger partial charge is 0.239 e. The molecule has 0 saturated carbocycles. The van der Waals surface area contributed by atoms with Gasteiger partial charge in [0, 0.05) is 12.2 Å². The van der Waals surface area contributed by atoms with Crippen molar-refractivity contribution in [3.63, 3.8) is 0 Å². The largest absolute Gasteiger partial charge is 0.497 e. The van der Waals surface area contributed by atoms with Crippen LogP contribution in [0.3, 0.4) is 0 Å². The fraction of sp³-hybridized carbons (Fsp3) is 0.278. The average molecular weight is 298 g/mol. The summed E-state index contributed by atoms with van der Waals surface area (Å²) in [6.07, 6.45) is 0.806. The molecule has 116 valence electrons. The zero-order chi connectivity index (χ0) is 15.8. The number of para-hydroxylation sites is 1. The SMILES string of the molecule is COc1ccc(CCNC(=O)CNc2ccccc2C)cc1. The van der Waals surface area contributed by atoms with Crippen LogP contribution in [0.25, 0.3) is 0 Å². The summed E-state index contributed by atoms with van der Waals surface area (Å²) in [4.78, 5) is 11.8. The first-order valence-corrected chi connectivity index (χ1v) is 7.38. The predicted octanol–water partition coefficient (Wildman–Crippen LogP) is 2.77. The number of methoxy groups -OCH3 is 1. The van der Waals surface area contributed by atoms with E-state index in [1.165, 1.54) is 5.56 Å². The number of benzene rings is 2. The summed E-state index contributed by atoms with van der Waals surface area (Å²) in [5.74, 6) is 0.840. The quantitative estimate of drug-likeness (QED) is 0.826. The summed E-state index contributed by atoms with van der Waals surface area (Å²) in [7, 11) is 1.65. The zero-order valence-electron chi connectivity index (χ0n) is 13.1. The first-order chi connectivity index (χ1) is 10.7. The topological polar surface area (TPSA) is 50.4 Å². The molecular formula is C18H22N2O2. The summed E-state index contributed by atoms with van der Waals surface area (Å²) in [6, 6.07) is 15.8. The summed E-state index contributed by atoms with van der Waals surface area (Å²) in [5.41, 5.74) is 3.30. The number of carbonyl (C=O) groups is 1. The van der Waals surface area contributed by atoms with Crippen LogP contribution in [0, 0.1) is 6.92 Å². The molecule has 0 bridgehead atoms. The standard InChI is InChI=1S/C18H22N2O2/c1-14-5-3-4-6-17(14)20-13-18(21)19-12-11-15-7-9-16(22-2)10-8-15/h3-10,20H,11-13H2,1-2H3,(H,19,21). The highest BCUT2D eigenvalue weighted by molar-refractivity contribution is 5.80. The maximum atomic E-state index is 11.8. The summed E-state index contributed by atoms with van der Waals surface area (Å²) in [5, 5.41) is 6.06. The molecule has 0 saturated heterocycles. The number of carbonyl (C=O) groups excluding carboxylic acids is 1. The van der Waals surface area contributed by atoms with Gasteiger partial charge in [0.05, 0.1) is 13.7 Å². The van der Waals surface area contributed by atoms with E-state index in [0.29, 0.717) is 6.54 Å². The van der Waals surface area contributed by atoms with Gasteiger partial charge in [-0.15, -0.1) is 0 Å². The van der Waals surface area contributed by atoms with Crippen LogP contribution in [0.15, 0.2) is 48.5 Å². The Morgan fingerprint density at radius 3 is 2.50 bits per heavy atom. The van der Waals surface area contributed by atoms with Crippen molar-refractivity contribution in [2.45, 2.75) is 13.3 Å². The zero-order valence-corrected chi connectivity index (χ0v) is 13.1. The highest BCUT2D eigenvalue weighted by Gasteiger charge is 2.02. The van der Waals surface area contributed by atoms with E-state index in [4.69, 9.17) is 4.74 Å². The molecule has 0 unspecified atom stereocenters. The van der Waals surface area contributed by atoms with Crippen LogP contribution >= 0.6 is 0 Å². The lowest BCUT2D eigenvalue weighted by molar-refractivity contribution is -0.119. The molecule has 2 aromatic carbocycles. The molecule has 0 aliphatic rings. The third-order valence-corrected chi connectivity index (χ3v) is 3.48. The normalized spacial score (nSPS) is 10.1. The molecule has 4 nitrogen and oxygen atoms in total. The van der Waals surface area contributed by atoms with Crippen molar-refractivity contribution in [1.82, 2.24) is 5.32 Å². The summed E-state index contributed by atoms with van der Waals surface area (Å²) in [6.45, 7) is 2.93. The van der Waals surface area contributed by atoms with Gasteiger partial charge in [-0.1, -0.05) is 30.3 Å².